The third-order valence-electron chi connectivity index (χ3n) is 3.97. The summed E-state index contributed by atoms with van der Waals surface area (Å²) in [4.78, 5) is 24.3. The van der Waals surface area contributed by atoms with Gasteiger partial charge < -0.3 is 20.4 Å². The van der Waals surface area contributed by atoms with Gasteiger partial charge in [0.2, 0.25) is 5.95 Å². The molecule has 4 rings (SSSR count). The zero-order chi connectivity index (χ0) is 18.5. The number of methoxy groups -OCH3 is 1. The number of ether oxygens (including phenoxy) is 1. The van der Waals surface area contributed by atoms with E-state index in [0.29, 0.717) is 29.8 Å². The number of aromatic amines is 1. The van der Waals surface area contributed by atoms with Gasteiger partial charge in [0.05, 0.1) is 13.4 Å². The lowest BCUT2D eigenvalue weighted by molar-refractivity contribution is 0.414. The SMILES string of the molecule is COc1ccc(CCNc2nc(Nc3ccncn3)nc3nc[nH]c23)cc1. The van der Waals surface area contributed by atoms with Crippen LogP contribution in [-0.4, -0.2) is 43.6 Å². The van der Waals surface area contributed by atoms with Gasteiger partial charge in [-0.15, -0.1) is 0 Å². The third-order valence-corrected chi connectivity index (χ3v) is 3.97. The monoisotopic (exact) mass is 362 g/mol. The van der Waals surface area contributed by atoms with Crippen LogP contribution in [0, 0.1) is 0 Å². The molecule has 0 bridgehead atoms. The van der Waals surface area contributed by atoms with Crippen molar-refractivity contribution >= 4 is 28.7 Å². The van der Waals surface area contributed by atoms with E-state index in [1.807, 2.05) is 24.3 Å². The summed E-state index contributed by atoms with van der Waals surface area (Å²) in [5.74, 6) is 2.56. The second kappa shape index (κ2) is 7.65. The van der Waals surface area contributed by atoms with Crippen LogP contribution in [0.3, 0.4) is 0 Å². The number of hydrogen-bond donors (Lipinski definition) is 3. The smallest absolute Gasteiger partial charge is 0.232 e. The van der Waals surface area contributed by atoms with Gasteiger partial charge in [-0.1, -0.05) is 12.1 Å². The van der Waals surface area contributed by atoms with Crippen molar-refractivity contribution < 1.29 is 4.74 Å². The Labute approximate surface area is 155 Å². The molecule has 4 aromatic rings. The van der Waals surface area contributed by atoms with Crippen LogP contribution in [0.15, 0.2) is 49.2 Å². The lowest BCUT2D eigenvalue weighted by Gasteiger charge is -2.09. The molecule has 0 unspecified atom stereocenters. The number of anilines is 3. The minimum Gasteiger partial charge on any atom is -0.497 e. The largest absolute Gasteiger partial charge is 0.497 e. The fourth-order valence-corrected chi connectivity index (χ4v) is 2.61. The van der Waals surface area contributed by atoms with Gasteiger partial charge in [0.25, 0.3) is 0 Å². The number of benzene rings is 1. The van der Waals surface area contributed by atoms with E-state index in [1.165, 1.54) is 11.9 Å². The van der Waals surface area contributed by atoms with Gasteiger partial charge in [0.15, 0.2) is 11.5 Å². The Balaban J connectivity index is 1.49. The van der Waals surface area contributed by atoms with Crippen LogP contribution >= 0.6 is 0 Å². The van der Waals surface area contributed by atoms with Crippen LogP contribution in [0.2, 0.25) is 0 Å². The van der Waals surface area contributed by atoms with Crippen molar-refractivity contribution in [1.82, 2.24) is 29.9 Å². The summed E-state index contributed by atoms with van der Waals surface area (Å²) >= 11 is 0. The quantitative estimate of drug-likeness (QED) is 0.460. The summed E-state index contributed by atoms with van der Waals surface area (Å²) in [6.07, 6.45) is 5.56. The van der Waals surface area contributed by atoms with Crippen molar-refractivity contribution in [3.8, 4) is 5.75 Å². The van der Waals surface area contributed by atoms with Gasteiger partial charge in [-0.05, 0) is 30.2 Å². The summed E-state index contributed by atoms with van der Waals surface area (Å²) in [6.45, 7) is 0.713. The van der Waals surface area contributed by atoms with E-state index in [1.54, 1.807) is 25.7 Å². The minimum absolute atomic E-state index is 0.417. The molecule has 0 aliphatic carbocycles. The Bertz CT molecular complexity index is 1020. The number of imidazole rings is 1. The Hall–Kier alpha value is -3.75. The number of H-pyrrole nitrogens is 1. The molecule has 3 aromatic heterocycles. The first-order valence-electron chi connectivity index (χ1n) is 8.43. The summed E-state index contributed by atoms with van der Waals surface area (Å²) in [7, 11) is 1.66. The Morgan fingerprint density at radius 2 is 1.96 bits per heavy atom. The summed E-state index contributed by atoms with van der Waals surface area (Å²) in [5, 5.41) is 6.42. The predicted octanol–water partition coefficient (Wildman–Crippen LogP) is 2.55. The molecule has 0 atom stereocenters. The maximum atomic E-state index is 5.18. The van der Waals surface area contributed by atoms with Crippen LogP contribution in [0.25, 0.3) is 11.2 Å². The van der Waals surface area contributed by atoms with E-state index >= 15 is 0 Å². The summed E-state index contributed by atoms with van der Waals surface area (Å²) in [5.41, 5.74) is 2.55. The van der Waals surface area contributed by atoms with Gasteiger partial charge in [0.1, 0.15) is 23.4 Å². The zero-order valence-electron chi connectivity index (χ0n) is 14.7. The molecule has 0 radical (unpaired) electrons. The van der Waals surface area contributed by atoms with E-state index in [-0.39, 0.29) is 0 Å². The second-order valence-corrected chi connectivity index (χ2v) is 5.74. The lowest BCUT2D eigenvalue weighted by Crippen LogP contribution is -2.09. The van der Waals surface area contributed by atoms with E-state index < -0.39 is 0 Å². The molecule has 0 spiro atoms. The van der Waals surface area contributed by atoms with E-state index in [0.717, 1.165) is 17.7 Å². The van der Waals surface area contributed by atoms with Crippen molar-refractivity contribution in [1.29, 1.82) is 0 Å². The molecular formula is C18H18N8O. The summed E-state index contributed by atoms with van der Waals surface area (Å²) < 4.78 is 5.18. The molecule has 0 saturated carbocycles. The molecule has 0 aliphatic heterocycles. The topological polar surface area (TPSA) is 114 Å². The van der Waals surface area contributed by atoms with Crippen LogP contribution in [0.1, 0.15) is 5.56 Å². The Morgan fingerprint density at radius 1 is 1.07 bits per heavy atom. The first-order chi connectivity index (χ1) is 13.3. The zero-order valence-corrected chi connectivity index (χ0v) is 14.7. The summed E-state index contributed by atoms with van der Waals surface area (Å²) in [6, 6.07) is 9.76. The highest BCUT2D eigenvalue weighted by atomic mass is 16.5. The van der Waals surface area contributed by atoms with Gasteiger partial charge in [0, 0.05) is 12.7 Å². The number of nitrogens with one attached hydrogen (secondary N) is 3. The average Bonchev–Trinajstić information content (AvgIpc) is 3.18. The van der Waals surface area contributed by atoms with Crippen molar-refractivity contribution in [2.45, 2.75) is 6.42 Å². The van der Waals surface area contributed by atoms with Crippen LogP contribution < -0.4 is 15.4 Å². The second-order valence-electron chi connectivity index (χ2n) is 5.74. The third kappa shape index (κ3) is 3.92. The number of hydrogen-bond acceptors (Lipinski definition) is 8. The molecular weight excluding hydrogens is 344 g/mol. The molecule has 27 heavy (non-hydrogen) atoms. The van der Waals surface area contributed by atoms with E-state index in [4.69, 9.17) is 4.74 Å². The molecule has 9 heteroatoms. The molecule has 1 aromatic carbocycles. The van der Waals surface area contributed by atoms with Gasteiger partial charge >= 0.3 is 0 Å². The van der Waals surface area contributed by atoms with Gasteiger partial charge in [-0.25, -0.2) is 15.0 Å². The molecule has 0 aliphatic rings. The Morgan fingerprint density at radius 3 is 2.74 bits per heavy atom. The lowest BCUT2D eigenvalue weighted by atomic mass is 10.1. The molecule has 0 amide bonds. The molecule has 0 fully saturated rings. The predicted molar refractivity (Wildman–Crippen MR) is 102 cm³/mol. The van der Waals surface area contributed by atoms with Gasteiger partial charge in [-0.3, -0.25) is 0 Å². The highest BCUT2D eigenvalue weighted by molar-refractivity contribution is 5.84. The standard InChI is InChI=1S/C18H18N8O/c1-27-13-4-2-12(3-5-13)6-9-20-16-15-17(23-11-22-15)26-18(25-16)24-14-7-8-19-10-21-14/h2-5,7-8,10-11H,6,9H2,1H3,(H3,19,20,21,22,23,24,25,26). The van der Waals surface area contributed by atoms with Crippen molar-refractivity contribution in [3.05, 3.63) is 54.7 Å². The highest BCUT2D eigenvalue weighted by Crippen LogP contribution is 2.20. The van der Waals surface area contributed by atoms with Crippen molar-refractivity contribution in [3.63, 3.8) is 0 Å². The van der Waals surface area contributed by atoms with Crippen molar-refractivity contribution in [2.75, 3.05) is 24.3 Å². The number of fused-ring (bicyclic) bond motifs is 1. The molecule has 3 N–H and O–H groups in total. The maximum absolute atomic E-state index is 5.18. The fourth-order valence-electron chi connectivity index (χ4n) is 2.61. The van der Waals surface area contributed by atoms with Gasteiger partial charge in [-0.2, -0.15) is 9.97 Å². The Kier molecular flexibility index (Phi) is 4.73. The maximum Gasteiger partial charge on any atom is 0.232 e. The van der Waals surface area contributed by atoms with E-state index in [2.05, 4.69) is 40.5 Å². The normalized spacial score (nSPS) is 10.7. The van der Waals surface area contributed by atoms with Crippen LogP contribution in [0.5, 0.6) is 5.75 Å². The van der Waals surface area contributed by atoms with Crippen molar-refractivity contribution in [2.24, 2.45) is 0 Å². The number of rotatable bonds is 7. The fraction of sp³-hybridized carbons (Fsp3) is 0.167. The van der Waals surface area contributed by atoms with E-state index in [9.17, 15) is 0 Å². The molecule has 9 nitrogen and oxygen atoms in total. The molecule has 136 valence electrons. The molecule has 3 heterocycles. The minimum atomic E-state index is 0.417. The number of aromatic nitrogens is 6. The average molecular weight is 362 g/mol. The molecule has 0 saturated heterocycles. The first kappa shape index (κ1) is 16.7. The number of nitrogens with zero attached hydrogens (tertiary/aromatic N) is 5. The highest BCUT2D eigenvalue weighted by Gasteiger charge is 2.10. The first-order valence-corrected chi connectivity index (χ1v) is 8.43. The van der Waals surface area contributed by atoms with Crippen LogP contribution in [-0.2, 0) is 6.42 Å². The van der Waals surface area contributed by atoms with Crippen LogP contribution in [0.4, 0.5) is 17.6 Å².